The summed E-state index contributed by atoms with van der Waals surface area (Å²) in [5, 5.41) is 14.0. The summed E-state index contributed by atoms with van der Waals surface area (Å²) in [6.07, 6.45) is 2.02. The van der Waals surface area contributed by atoms with Crippen LogP contribution in [-0.4, -0.2) is 92.1 Å². The van der Waals surface area contributed by atoms with Gasteiger partial charge in [0, 0.05) is 69.1 Å². The summed E-state index contributed by atoms with van der Waals surface area (Å²) >= 11 is 0. The zero-order valence-electron chi connectivity index (χ0n) is 19.2. The van der Waals surface area contributed by atoms with Crippen LogP contribution in [0, 0.1) is 0 Å². The highest BCUT2D eigenvalue weighted by Crippen LogP contribution is 2.36. The van der Waals surface area contributed by atoms with Crippen LogP contribution >= 0.6 is 0 Å². The lowest BCUT2D eigenvalue weighted by atomic mass is 10.1. The van der Waals surface area contributed by atoms with E-state index in [1.807, 2.05) is 7.05 Å². The lowest BCUT2D eigenvalue weighted by Crippen LogP contribution is -2.47. The molecule has 34 heavy (non-hydrogen) atoms. The number of sulfonamides is 1. The molecule has 0 atom stereocenters. The average molecular weight is 488 g/mol. The third-order valence-corrected chi connectivity index (χ3v) is 7.83. The van der Waals surface area contributed by atoms with Gasteiger partial charge in [0.2, 0.25) is 10.0 Å². The second kappa shape index (κ2) is 10.1. The smallest absolute Gasteiger partial charge is 0.251 e. The Morgan fingerprint density at radius 3 is 2.65 bits per heavy atom. The Labute approximate surface area is 198 Å². The molecule has 1 amide bonds. The maximum absolute atomic E-state index is 13.0. The summed E-state index contributed by atoms with van der Waals surface area (Å²) in [5.74, 6) is -0.332. The number of hydrogen-bond donors (Lipinski definition) is 3. The summed E-state index contributed by atoms with van der Waals surface area (Å²) in [6, 6.07) is 8.15. The van der Waals surface area contributed by atoms with Crippen LogP contribution in [0.15, 0.2) is 41.4 Å². The fraction of sp³-hybridized carbons (Fsp3) is 0.391. The third kappa shape index (κ3) is 4.92. The van der Waals surface area contributed by atoms with Crippen molar-refractivity contribution in [1.29, 1.82) is 0 Å². The molecular weight excluding hydrogens is 458 g/mol. The van der Waals surface area contributed by atoms with Crippen molar-refractivity contribution in [1.82, 2.24) is 24.5 Å². The number of aromatic amines is 1. The van der Waals surface area contributed by atoms with Gasteiger partial charge >= 0.3 is 0 Å². The molecule has 3 heterocycles. The molecule has 1 aliphatic rings. The highest BCUT2D eigenvalue weighted by molar-refractivity contribution is 7.89. The molecule has 0 aliphatic carbocycles. The van der Waals surface area contributed by atoms with Gasteiger partial charge in [-0.25, -0.2) is 8.42 Å². The zero-order chi connectivity index (χ0) is 24.3. The van der Waals surface area contributed by atoms with Crippen LogP contribution in [0.1, 0.15) is 16.8 Å². The van der Waals surface area contributed by atoms with E-state index in [0.717, 1.165) is 0 Å². The van der Waals surface area contributed by atoms with E-state index in [4.69, 9.17) is 4.74 Å². The van der Waals surface area contributed by atoms with Crippen molar-refractivity contribution < 1.29 is 23.1 Å². The third-order valence-electron chi connectivity index (χ3n) is 5.94. The minimum atomic E-state index is -3.64. The number of benzene rings is 1. The molecule has 2 aromatic heterocycles. The molecule has 4 rings (SSSR count). The summed E-state index contributed by atoms with van der Waals surface area (Å²) in [6.45, 7) is 3.26. The number of aromatic nitrogens is 2. The normalized spacial score (nSPS) is 15.6. The molecule has 1 aromatic carbocycles. The Kier molecular flexibility index (Phi) is 7.17. The zero-order valence-corrected chi connectivity index (χ0v) is 20.1. The van der Waals surface area contributed by atoms with Gasteiger partial charge in [0.15, 0.2) is 5.88 Å². The first-order chi connectivity index (χ1) is 16.3. The van der Waals surface area contributed by atoms with E-state index in [1.54, 1.807) is 31.4 Å². The molecule has 11 heteroatoms. The molecule has 1 aliphatic heterocycles. The summed E-state index contributed by atoms with van der Waals surface area (Å²) in [5.41, 5.74) is 1.89. The molecular formula is C23H29N5O5S. The first kappa shape index (κ1) is 24.1. The number of H-pyrrole nitrogens is 1. The molecule has 0 saturated carbocycles. The molecule has 1 fully saturated rings. The number of pyridine rings is 1. The van der Waals surface area contributed by atoms with E-state index in [-0.39, 0.29) is 16.7 Å². The number of aromatic hydroxyl groups is 1. The van der Waals surface area contributed by atoms with Crippen LogP contribution in [-0.2, 0) is 14.8 Å². The Morgan fingerprint density at radius 2 is 1.97 bits per heavy atom. The van der Waals surface area contributed by atoms with E-state index in [0.29, 0.717) is 73.5 Å². The van der Waals surface area contributed by atoms with Crippen molar-refractivity contribution >= 4 is 26.8 Å². The molecule has 0 radical (unpaired) electrons. The number of carbonyl (C=O) groups is 1. The molecule has 1 saturated heterocycles. The van der Waals surface area contributed by atoms with Gasteiger partial charge in [0.1, 0.15) is 4.90 Å². The number of amides is 1. The van der Waals surface area contributed by atoms with E-state index >= 15 is 0 Å². The van der Waals surface area contributed by atoms with Gasteiger partial charge in [-0.05, 0) is 43.8 Å². The quantitative estimate of drug-likeness (QED) is 0.412. The number of nitrogens with one attached hydrogen (secondary N) is 2. The maximum Gasteiger partial charge on any atom is 0.251 e. The number of rotatable bonds is 8. The SMILES string of the molecule is COCCCNC(=O)c1ccc2[nH]c(O)c(-c3ccc(S(=O)(=O)N4CCN(C)CC4)cn3)c2c1. The highest BCUT2D eigenvalue weighted by Gasteiger charge is 2.28. The van der Waals surface area contributed by atoms with Crippen LogP contribution in [0.4, 0.5) is 0 Å². The van der Waals surface area contributed by atoms with E-state index in [9.17, 15) is 18.3 Å². The molecule has 0 spiro atoms. The number of nitrogens with zero attached hydrogens (tertiary/aromatic N) is 3. The molecule has 10 nitrogen and oxygen atoms in total. The average Bonchev–Trinajstić information content (AvgIpc) is 3.17. The highest BCUT2D eigenvalue weighted by atomic mass is 32.2. The monoisotopic (exact) mass is 487 g/mol. The lowest BCUT2D eigenvalue weighted by Gasteiger charge is -2.31. The lowest BCUT2D eigenvalue weighted by molar-refractivity contribution is 0.0948. The molecule has 3 N–H and O–H groups in total. The van der Waals surface area contributed by atoms with Crippen LogP contribution in [0.2, 0.25) is 0 Å². The van der Waals surface area contributed by atoms with E-state index in [1.165, 1.54) is 16.6 Å². The Balaban J connectivity index is 1.59. The maximum atomic E-state index is 13.0. The van der Waals surface area contributed by atoms with Crippen molar-refractivity contribution in [2.75, 3.05) is 53.5 Å². The minimum Gasteiger partial charge on any atom is -0.494 e. The van der Waals surface area contributed by atoms with E-state index in [2.05, 4.69) is 20.2 Å². The minimum absolute atomic E-state index is 0.102. The van der Waals surface area contributed by atoms with Gasteiger partial charge in [-0.15, -0.1) is 0 Å². The fourth-order valence-corrected chi connectivity index (χ4v) is 5.33. The largest absolute Gasteiger partial charge is 0.494 e. The molecule has 0 unspecified atom stereocenters. The van der Waals surface area contributed by atoms with Gasteiger partial charge in [-0.1, -0.05) is 0 Å². The number of likely N-dealkylation sites (N-methyl/N-ethyl adjacent to an activating group) is 1. The van der Waals surface area contributed by atoms with Crippen molar-refractivity contribution in [2.24, 2.45) is 0 Å². The van der Waals surface area contributed by atoms with Gasteiger partial charge in [0.05, 0.1) is 11.3 Å². The number of ether oxygens (including phenoxy) is 1. The number of carbonyl (C=O) groups excluding carboxylic acids is 1. The number of methoxy groups -OCH3 is 1. The fourth-order valence-electron chi connectivity index (χ4n) is 3.96. The van der Waals surface area contributed by atoms with Crippen LogP contribution < -0.4 is 5.32 Å². The second-order valence-electron chi connectivity index (χ2n) is 8.30. The van der Waals surface area contributed by atoms with Crippen molar-refractivity contribution in [3.05, 3.63) is 42.1 Å². The van der Waals surface area contributed by atoms with Crippen LogP contribution in [0.5, 0.6) is 5.88 Å². The summed E-state index contributed by atoms with van der Waals surface area (Å²) < 4.78 is 32.4. The van der Waals surface area contributed by atoms with Crippen LogP contribution in [0.3, 0.4) is 0 Å². The van der Waals surface area contributed by atoms with Gasteiger partial charge < -0.3 is 25.0 Å². The second-order valence-corrected chi connectivity index (χ2v) is 10.2. The van der Waals surface area contributed by atoms with E-state index < -0.39 is 10.0 Å². The number of hydrogen-bond acceptors (Lipinski definition) is 7. The molecule has 3 aromatic rings. The Morgan fingerprint density at radius 1 is 1.21 bits per heavy atom. The summed E-state index contributed by atoms with van der Waals surface area (Å²) in [4.78, 5) is 21.9. The van der Waals surface area contributed by atoms with Crippen molar-refractivity contribution in [3.8, 4) is 17.1 Å². The summed E-state index contributed by atoms with van der Waals surface area (Å²) in [7, 11) is -0.0708. The van der Waals surface area contributed by atoms with Crippen LogP contribution in [0.25, 0.3) is 22.2 Å². The number of fused-ring (bicyclic) bond motifs is 1. The first-order valence-corrected chi connectivity index (χ1v) is 12.5. The Bertz CT molecular complexity index is 1260. The van der Waals surface area contributed by atoms with Gasteiger partial charge in [-0.3, -0.25) is 9.78 Å². The topological polar surface area (TPSA) is 128 Å². The predicted octanol–water partition coefficient (Wildman–Crippen LogP) is 1.64. The standard InChI is InChI=1S/C23H29N5O5S/c1-27-9-11-28(12-10-27)34(31,32)17-5-7-20(25-15-17)21-18-14-16(4-6-19(18)26-23(21)30)22(29)24-8-3-13-33-2/h4-7,14-15,26,30H,3,8-13H2,1-2H3,(H,24,29). The Hall–Kier alpha value is -2.99. The first-order valence-electron chi connectivity index (χ1n) is 11.1. The molecule has 0 bridgehead atoms. The van der Waals surface area contributed by atoms with Gasteiger partial charge in [0.25, 0.3) is 5.91 Å². The van der Waals surface area contributed by atoms with Crippen molar-refractivity contribution in [2.45, 2.75) is 11.3 Å². The molecule has 182 valence electrons. The van der Waals surface area contributed by atoms with Gasteiger partial charge in [-0.2, -0.15) is 4.31 Å². The predicted molar refractivity (Wildman–Crippen MR) is 128 cm³/mol. The number of piperazine rings is 1. The van der Waals surface area contributed by atoms with Crippen molar-refractivity contribution in [3.63, 3.8) is 0 Å².